The number of carbonyl (C=O) groups excluding carboxylic acids is 1. The van der Waals surface area contributed by atoms with Crippen molar-refractivity contribution in [2.24, 2.45) is 0 Å². The van der Waals surface area contributed by atoms with Crippen LogP contribution in [-0.4, -0.2) is 10.8 Å². The molecule has 0 aliphatic rings. The molecule has 0 unspecified atom stereocenters. The third-order valence-corrected chi connectivity index (χ3v) is 3.02. The Kier molecular flexibility index (Phi) is 3.28. The average Bonchev–Trinajstić information content (AvgIpc) is 2.32. The molecule has 0 amide bonds. The molecular weight excluding hydrogens is 292 g/mol. The summed E-state index contributed by atoms with van der Waals surface area (Å²) in [5.74, 6) is -1.88. The van der Waals surface area contributed by atoms with Crippen LogP contribution in [0.2, 0.25) is 0 Å². The van der Waals surface area contributed by atoms with Gasteiger partial charge in [0.15, 0.2) is 11.6 Å². The monoisotopic (exact) mass is 297 g/mol. The smallest absolute Gasteiger partial charge is 0.197 e. The lowest BCUT2D eigenvalue weighted by atomic mass is 10.0. The molecule has 2 nitrogen and oxygen atoms in total. The lowest BCUT2D eigenvalue weighted by Gasteiger charge is -2.05. The number of hydrogen-bond donors (Lipinski definition) is 0. The number of halogens is 3. The molecule has 1 heterocycles. The summed E-state index contributed by atoms with van der Waals surface area (Å²) >= 11 is 2.97. The third kappa shape index (κ3) is 2.24. The molecule has 1 aromatic heterocycles. The van der Waals surface area contributed by atoms with Gasteiger partial charge in [-0.3, -0.25) is 9.78 Å². The van der Waals surface area contributed by atoms with Gasteiger partial charge in [0.2, 0.25) is 0 Å². The lowest BCUT2D eigenvalue weighted by molar-refractivity contribution is 0.103. The van der Waals surface area contributed by atoms with Gasteiger partial charge in [-0.15, -0.1) is 0 Å². The van der Waals surface area contributed by atoms with Crippen LogP contribution in [0.1, 0.15) is 15.9 Å². The maximum Gasteiger partial charge on any atom is 0.197 e. The lowest BCUT2D eigenvalue weighted by Crippen LogP contribution is -2.06. The third-order valence-electron chi connectivity index (χ3n) is 2.21. The van der Waals surface area contributed by atoms with Crippen molar-refractivity contribution in [3.8, 4) is 0 Å². The standard InChI is InChI=1S/C12H6BrF2NO/c13-11-8(2-1-3-9(11)14)12(17)7-4-5-16-6-10(7)15/h1-6H. The fraction of sp³-hybridized carbons (Fsp3) is 0. The van der Waals surface area contributed by atoms with E-state index in [1.54, 1.807) is 0 Å². The topological polar surface area (TPSA) is 30.0 Å². The first-order valence-corrected chi connectivity index (χ1v) is 5.49. The molecule has 0 aliphatic carbocycles. The zero-order valence-corrected chi connectivity index (χ0v) is 10.0. The van der Waals surface area contributed by atoms with Crippen LogP contribution in [0.4, 0.5) is 8.78 Å². The Labute approximate surface area is 104 Å². The van der Waals surface area contributed by atoms with E-state index in [4.69, 9.17) is 0 Å². The van der Waals surface area contributed by atoms with Crippen LogP contribution >= 0.6 is 15.9 Å². The van der Waals surface area contributed by atoms with Gasteiger partial charge in [0.25, 0.3) is 0 Å². The van der Waals surface area contributed by atoms with Gasteiger partial charge in [-0.2, -0.15) is 0 Å². The zero-order valence-electron chi connectivity index (χ0n) is 8.45. The molecule has 5 heteroatoms. The molecule has 0 saturated heterocycles. The SMILES string of the molecule is O=C(c1ccncc1F)c1cccc(F)c1Br. The average molecular weight is 298 g/mol. The van der Waals surface area contributed by atoms with E-state index in [0.29, 0.717) is 0 Å². The van der Waals surface area contributed by atoms with E-state index in [0.717, 1.165) is 6.20 Å². The summed E-state index contributed by atoms with van der Waals surface area (Å²) in [7, 11) is 0. The summed E-state index contributed by atoms with van der Waals surface area (Å²) in [5, 5.41) is 0. The number of pyridine rings is 1. The van der Waals surface area contributed by atoms with E-state index >= 15 is 0 Å². The molecule has 17 heavy (non-hydrogen) atoms. The van der Waals surface area contributed by atoms with Gasteiger partial charge in [0.1, 0.15) is 5.82 Å². The van der Waals surface area contributed by atoms with Crippen LogP contribution in [0.3, 0.4) is 0 Å². The first-order valence-electron chi connectivity index (χ1n) is 4.69. The Bertz CT molecular complexity index is 586. The molecule has 86 valence electrons. The van der Waals surface area contributed by atoms with Crippen molar-refractivity contribution in [1.29, 1.82) is 0 Å². The van der Waals surface area contributed by atoms with E-state index in [2.05, 4.69) is 20.9 Å². The van der Waals surface area contributed by atoms with Crippen LogP contribution in [0, 0.1) is 11.6 Å². The largest absolute Gasteiger partial charge is 0.288 e. The van der Waals surface area contributed by atoms with E-state index < -0.39 is 17.4 Å². The van der Waals surface area contributed by atoms with Crippen molar-refractivity contribution >= 4 is 21.7 Å². The Morgan fingerprint density at radius 3 is 2.59 bits per heavy atom. The number of nitrogens with zero attached hydrogens (tertiary/aromatic N) is 1. The number of benzene rings is 1. The van der Waals surface area contributed by atoms with Gasteiger partial charge in [-0.25, -0.2) is 8.78 Å². The normalized spacial score (nSPS) is 10.3. The summed E-state index contributed by atoms with van der Waals surface area (Å²) in [6.07, 6.45) is 2.25. The Morgan fingerprint density at radius 1 is 1.12 bits per heavy atom. The van der Waals surface area contributed by atoms with Gasteiger partial charge in [0, 0.05) is 11.8 Å². The molecule has 2 aromatic rings. The van der Waals surface area contributed by atoms with Gasteiger partial charge in [-0.1, -0.05) is 6.07 Å². The highest BCUT2D eigenvalue weighted by atomic mass is 79.9. The maximum atomic E-state index is 13.4. The number of ketones is 1. The number of carbonyl (C=O) groups is 1. The van der Waals surface area contributed by atoms with Gasteiger partial charge in [0.05, 0.1) is 16.2 Å². The van der Waals surface area contributed by atoms with E-state index in [9.17, 15) is 13.6 Å². The molecule has 0 spiro atoms. The predicted octanol–water partition coefficient (Wildman–Crippen LogP) is 3.35. The van der Waals surface area contributed by atoms with Crippen molar-refractivity contribution in [2.75, 3.05) is 0 Å². The summed E-state index contributed by atoms with van der Waals surface area (Å²) < 4.78 is 26.6. The van der Waals surface area contributed by atoms with E-state index in [1.807, 2.05) is 0 Å². The molecule has 0 aliphatic heterocycles. The van der Waals surface area contributed by atoms with Gasteiger partial charge in [-0.05, 0) is 34.1 Å². The van der Waals surface area contributed by atoms with E-state index in [1.165, 1.54) is 30.5 Å². The highest BCUT2D eigenvalue weighted by Gasteiger charge is 2.17. The minimum atomic E-state index is -0.728. The minimum Gasteiger partial charge on any atom is -0.288 e. The Balaban J connectivity index is 2.52. The zero-order chi connectivity index (χ0) is 12.4. The minimum absolute atomic E-state index is 0.0289. The first-order chi connectivity index (χ1) is 8.11. The van der Waals surface area contributed by atoms with Crippen molar-refractivity contribution < 1.29 is 13.6 Å². The summed E-state index contributed by atoms with van der Waals surface area (Å²) in [5.41, 5.74) is -0.0543. The highest BCUT2D eigenvalue weighted by Crippen LogP contribution is 2.23. The maximum absolute atomic E-state index is 13.4. The second-order valence-corrected chi connectivity index (χ2v) is 4.08. The highest BCUT2D eigenvalue weighted by molar-refractivity contribution is 9.10. The molecule has 0 radical (unpaired) electrons. The Hall–Kier alpha value is -1.62. The van der Waals surface area contributed by atoms with Crippen LogP contribution in [0.25, 0.3) is 0 Å². The summed E-state index contributed by atoms with van der Waals surface area (Å²) in [6.45, 7) is 0. The molecular formula is C12H6BrF2NO. The van der Waals surface area contributed by atoms with Crippen molar-refractivity contribution in [3.05, 3.63) is 63.9 Å². The fourth-order valence-corrected chi connectivity index (χ4v) is 1.83. The number of hydrogen-bond acceptors (Lipinski definition) is 2. The van der Waals surface area contributed by atoms with Crippen molar-refractivity contribution in [1.82, 2.24) is 4.98 Å². The Morgan fingerprint density at radius 2 is 1.88 bits per heavy atom. The van der Waals surface area contributed by atoms with Crippen LogP contribution in [0.5, 0.6) is 0 Å². The molecule has 1 aromatic carbocycles. The quantitative estimate of drug-likeness (QED) is 0.796. The fourth-order valence-electron chi connectivity index (χ4n) is 1.38. The van der Waals surface area contributed by atoms with Crippen LogP contribution in [0.15, 0.2) is 41.1 Å². The van der Waals surface area contributed by atoms with Crippen LogP contribution in [-0.2, 0) is 0 Å². The number of rotatable bonds is 2. The van der Waals surface area contributed by atoms with Crippen molar-refractivity contribution in [2.45, 2.75) is 0 Å². The van der Waals surface area contributed by atoms with Gasteiger partial charge >= 0.3 is 0 Å². The van der Waals surface area contributed by atoms with E-state index in [-0.39, 0.29) is 15.6 Å². The second-order valence-electron chi connectivity index (χ2n) is 3.29. The van der Waals surface area contributed by atoms with Crippen LogP contribution < -0.4 is 0 Å². The molecule has 0 saturated carbocycles. The molecule has 0 atom stereocenters. The molecule has 2 rings (SSSR count). The molecule has 0 bridgehead atoms. The summed E-state index contributed by atoms with van der Waals surface area (Å²) in [6, 6.07) is 5.29. The molecule has 0 fully saturated rings. The predicted molar refractivity (Wildman–Crippen MR) is 61.7 cm³/mol. The summed E-state index contributed by atoms with van der Waals surface area (Å²) in [4.78, 5) is 15.5. The second kappa shape index (κ2) is 4.71. The molecule has 0 N–H and O–H groups in total. The van der Waals surface area contributed by atoms with Gasteiger partial charge < -0.3 is 0 Å². The first kappa shape index (κ1) is 11.9. The van der Waals surface area contributed by atoms with Crippen molar-refractivity contribution in [3.63, 3.8) is 0 Å². The number of aromatic nitrogens is 1.